The van der Waals surface area contributed by atoms with Crippen molar-refractivity contribution >= 4 is 76.5 Å². The van der Waals surface area contributed by atoms with Crippen LogP contribution in [0.5, 0.6) is 0 Å². The number of aromatic nitrogens is 2. The Morgan fingerprint density at radius 1 is 0.333 bits per heavy atom. The highest BCUT2D eigenvalue weighted by Crippen LogP contribution is 2.36. The molecule has 0 aliphatic heterocycles. The van der Waals surface area contributed by atoms with Crippen LogP contribution in [0.15, 0.2) is 121 Å². The Morgan fingerprint density at radius 2 is 0.708 bits per heavy atom. The van der Waals surface area contributed by atoms with Gasteiger partial charge in [-0.3, -0.25) is 0 Å². The summed E-state index contributed by atoms with van der Waals surface area (Å²) in [5, 5.41) is 17.4. The molecule has 2 N–H and O–H groups in total. The molecule has 0 fully saturated rings. The highest BCUT2D eigenvalue weighted by Gasteiger charge is 2.12. The Morgan fingerprint density at radius 3 is 1.17 bits per heavy atom. The molecule has 0 radical (unpaired) electrons. The molecule has 2 aromatic heterocycles. The van der Waals surface area contributed by atoms with Crippen molar-refractivity contribution in [1.82, 2.24) is 9.97 Å². The largest absolute Gasteiger partial charge is 0.384 e. The van der Waals surface area contributed by atoms with E-state index in [1.165, 1.54) is 106 Å². The average Bonchev–Trinajstić information content (AvgIpc) is 3.14. The average molecular weight is 627 g/mol. The summed E-state index contributed by atoms with van der Waals surface area (Å²) in [4.78, 5) is 10.1. The van der Waals surface area contributed by atoms with E-state index in [1.54, 1.807) is 0 Å². The lowest BCUT2D eigenvalue weighted by molar-refractivity contribution is 0.577. The number of benzene rings is 6. The second kappa shape index (κ2) is 13.9. The molecule has 0 bridgehead atoms. The third-order valence-electron chi connectivity index (χ3n) is 9.86. The van der Waals surface area contributed by atoms with E-state index in [4.69, 9.17) is 9.97 Å². The highest BCUT2D eigenvalue weighted by molar-refractivity contribution is 6.17. The number of hydrogen-bond acceptors (Lipinski definition) is 4. The molecule has 0 atom stereocenters. The van der Waals surface area contributed by atoms with Gasteiger partial charge in [-0.05, 0) is 35.7 Å². The van der Waals surface area contributed by atoms with E-state index < -0.39 is 0 Å². The van der Waals surface area contributed by atoms with E-state index in [1.807, 2.05) is 0 Å². The molecule has 4 nitrogen and oxygen atoms in total. The summed E-state index contributed by atoms with van der Waals surface area (Å²) >= 11 is 0. The summed E-state index contributed by atoms with van der Waals surface area (Å²) in [5.41, 5.74) is 6.71. The zero-order chi connectivity index (χ0) is 32.1. The van der Waals surface area contributed by atoms with Gasteiger partial charge in [-0.15, -0.1) is 0 Å². The van der Waals surface area contributed by atoms with Gasteiger partial charge in [0.05, 0.1) is 33.4 Å². The summed E-state index contributed by atoms with van der Waals surface area (Å²) in [6.07, 6.45) is 10.1. The Labute approximate surface area is 282 Å². The normalized spacial score (nSPS) is 11.8. The van der Waals surface area contributed by atoms with E-state index >= 15 is 0 Å². The number of hydrogen-bond donors (Lipinski definition) is 2. The molecular formula is C44H42N4. The van der Waals surface area contributed by atoms with Gasteiger partial charge in [-0.2, -0.15) is 0 Å². The lowest BCUT2D eigenvalue weighted by Gasteiger charge is -2.15. The molecule has 238 valence electrons. The van der Waals surface area contributed by atoms with Crippen LogP contribution in [-0.4, -0.2) is 23.1 Å². The fourth-order valence-corrected chi connectivity index (χ4v) is 7.37. The number of unbranched alkanes of at least 4 members (excludes halogenated alkanes) is 7. The Bertz CT molecular complexity index is 2210. The van der Waals surface area contributed by atoms with Gasteiger partial charge >= 0.3 is 0 Å². The van der Waals surface area contributed by atoms with Crippen LogP contribution >= 0.6 is 0 Å². The molecule has 4 heteroatoms. The smallest absolute Gasteiger partial charge is 0.0808 e. The number of pyridine rings is 2. The standard InChI is InChI=1S/C44H42N4/c1(3-5-15-29-45-41-35-21-11-13-23-39(35)47-43-33-19-9-7-17-31(33)25-27-37(41)43)2-4-6-16-30-46-42-36-22-12-14-24-40(36)48-44-34-20-10-8-18-32(34)26-28-38(42)44/h7-14,17-28H,1-6,15-16,29-30H2,(H,45,47)(H,46,48). The molecular weight excluding hydrogens is 585 g/mol. The van der Waals surface area contributed by atoms with Crippen LogP contribution in [-0.2, 0) is 0 Å². The van der Waals surface area contributed by atoms with Crippen molar-refractivity contribution < 1.29 is 0 Å². The van der Waals surface area contributed by atoms with Crippen molar-refractivity contribution in [1.29, 1.82) is 0 Å². The first-order valence-corrected chi connectivity index (χ1v) is 17.7. The van der Waals surface area contributed by atoms with Crippen molar-refractivity contribution in [3.8, 4) is 0 Å². The number of rotatable bonds is 13. The van der Waals surface area contributed by atoms with Gasteiger partial charge in [-0.1, -0.05) is 148 Å². The number of anilines is 2. The van der Waals surface area contributed by atoms with Crippen LogP contribution in [0.4, 0.5) is 11.4 Å². The van der Waals surface area contributed by atoms with E-state index in [0.29, 0.717) is 0 Å². The van der Waals surface area contributed by atoms with Crippen molar-refractivity contribution in [2.75, 3.05) is 23.7 Å². The Hall–Kier alpha value is -5.22. The first-order valence-electron chi connectivity index (χ1n) is 17.7. The quantitative estimate of drug-likeness (QED) is 0.0759. The van der Waals surface area contributed by atoms with Crippen molar-refractivity contribution in [3.05, 3.63) is 121 Å². The molecule has 0 amide bonds. The monoisotopic (exact) mass is 626 g/mol. The van der Waals surface area contributed by atoms with Gasteiger partial charge < -0.3 is 10.6 Å². The van der Waals surface area contributed by atoms with Gasteiger partial charge in [0.2, 0.25) is 0 Å². The molecule has 0 spiro atoms. The number of fused-ring (bicyclic) bond motifs is 8. The maximum atomic E-state index is 5.07. The molecule has 0 saturated carbocycles. The van der Waals surface area contributed by atoms with Gasteiger partial charge in [0.1, 0.15) is 0 Å². The highest BCUT2D eigenvalue weighted by atomic mass is 14.9. The fraction of sp³-hybridized carbons (Fsp3) is 0.227. The molecule has 0 aliphatic rings. The predicted octanol–water partition coefficient (Wildman–Crippen LogP) is 12.0. The minimum atomic E-state index is 0.982. The Balaban J connectivity index is 0.806. The SMILES string of the molecule is c1ccc2c(c1)ccc1c(NCCCCCCCCCCNc3c4ccccc4nc4c3ccc3ccccc34)c3ccccc3nc12. The molecule has 8 rings (SSSR count). The zero-order valence-corrected chi connectivity index (χ0v) is 27.5. The van der Waals surface area contributed by atoms with Crippen molar-refractivity contribution in [3.63, 3.8) is 0 Å². The zero-order valence-electron chi connectivity index (χ0n) is 27.5. The fourth-order valence-electron chi connectivity index (χ4n) is 7.37. The third-order valence-corrected chi connectivity index (χ3v) is 9.86. The summed E-state index contributed by atoms with van der Waals surface area (Å²) in [7, 11) is 0. The molecule has 0 saturated heterocycles. The summed E-state index contributed by atoms with van der Waals surface area (Å²) < 4.78 is 0. The second-order valence-corrected chi connectivity index (χ2v) is 13.1. The summed E-state index contributed by atoms with van der Waals surface area (Å²) in [6.45, 7) is 1.96. The van der Waals surface area contributed by atoms with Gasteiger partial charge in [0.15, 0.2) is 0 Å². The number of nitrogens with one attached hydrogen (secondary N) is 2. The number of para-hydroxylation sites is 2. The Kier molecular flexibility index (Phi) is 8.71. The molecule has 6 aromatic carbocycles. The minimum absolute atomic E-state index is 0.982. The summed E-state index contributed by atoms with van der Waals surface area (Å²) in [6, 6.07) is 43.1. The van der Waals surface area contributed by atoms with Gasteiger partial charge in [0, 0.05) is 45.4 Å². The maximum absolute atomic E-state index is 5.07. The van der Waals surface area contributed by atoms with Crippen LogP contribution in [0.2, 0.25) is 0 Å². The topological polar surface area (TPSA) is 49.8 Å². The van der Waals surface area contributed by atoms with Crippen LogP contribution < -0.4 is 10.6 Å². The first-order chi connectivity index (χ1) is 23.8. The van der Waals surface area contributed by atoms with Gasteiger partial charge in [-0.25, -0.2) is 9.97 Å². The molecule has 0 aliphatic carbocycles. The summed E-state index contributed by atoms with van der Waals surface area (Å²) in [5.74, 6) is 0. The second-order valence-electron chi connectivity index (χ2n) is 13.1. The van der Waals surface area contributed by atoms with Crippen LogP contribution in [0.3, 0.4) is 0 Å². The van der Waals surface area contributed by atoms with E-state index in [2.05, 4.69) is 132 Å². The van der Waals surface area contributed by atoms with Crippen LogP contribution in [0.25, 0.3) is 65.2 Å². The van der Waals surface area contributed by atoms with E-state index in [9.17, 15) is 0 Å². The molecule has 8 aromatic rings. The molecule has 48 heavy (non-hydrogen) atoms. The first kappa shape index (κ1) is 30.1. The minimum Gasteiger partial charge on any atom is -0.384 e. The van der Waals surface area contributed by atoms with E-state index in [-0.39, 0.29) is 0 Å². The molecule has 0 unspecified atom stereocenters. The third kappa shape index (κ3) is 5.99. The predicted molar refractivity (Wildman–Crippen MR) is 207 cm³/mol. The van der Waals surface area contributed by atoms with Crippen LogP contribution in [0.1, 0.15) is 51.4 Å². The van der Waals surface area contributed by atoms with Crippen LogP contribution in [0, 0.1) is 0 Å². The van der Waals surface area contributed by atoms with Crippen molar-refractivity contribution in [2.45, 2.75) is 51.4 Å². The maximum Gasteiger partial charge on any atom is 0.0808 e. The van der Waals surface area contributed by atoms with E-state index in [0.717, 1.165) is 35.2 Å². The number of nitrogens with zero attached hydrogens (tertiary/aromatic N) is 2. The van der Waals surface area contributed by atoms with Crippen molar-refractivity contribution in [2.24, 2.45) is 0 Å². The lowest BCUT2D eigenvalue weighted by Crippen LogP contribution is -2.04. The molecule has 2 heterocycles. The van der Waals surface area contributed by atoms with Gasteiger partial charge in [0.25, 0.3) is 0 Å². The lowest BCUT2D eigenvalue weighted by atomic mass is 10.0.